The molecule has 1 aliphatic rings. The zero-order valence-electron chi connectivity index (χ0n) is 13.6. The van der Waals surface area contributed by atoms with Gasteiger partial charge in [-0.2, -0.15) is 14.9 Å². The van der Waals surface area contributed by atoms with Crippen LogP contribution in [0.3, 0.4) is 0 Å². The molecule has 0 amide bonds. The number of hydrogen-bond donors (Lipinski definition) is 1. The standard InChI is InChI=1S/C18H18N4OS/c1-11-5-3-4-6-14(11)17-20-21-18(24)22(17)19-10-13-7-8-16(23-13)15-9-12(15)2/h3-8,10,12,15H,9H2,1-2H3,(H,21,24)/b19-10-/t12-,15+/m1/s1. The minimum Gasteiger partial charge on any atom is -0.460 e. The predicted molar refractivity (Wildman–Crippen MR) is 95.8 cm³/mol. The van der Waals surface area contributed by atoms with E-state index >= 15 is 0 Å². The molecule has 0 radical (unpaired) electrons. The van der Waals surface area contributed by atoms with E-state index < -0.39 is 0 Å². The van der Waals surface area contributed by atoms with Gasteiger partial charge in [-0.3, -0.25) is 0 Å². The van der Waals surface area contributed by atoms with Gasteiger partial charge in [-0.15, -0.1) is 0 Å². The van der Waals surface area contributed by atoms with Crippen LogP contribution in [0.4, 0.5) is 0 Å². The molecule has 0 bridgehead atoms. The zero-order chi connectivity index (χ0) is 16.7. The highest BCUT2D eigenvalue weighted by atomic mass is 32.1. The summed E-state index contributed by atoms with van der Waals surface area (Å²) in [4.78, 5) is 0. The maximum absolute atomic E-state index is 5.86. The fraction of sp³-hybridized carbons (Fsp3) is 0.278. The van der Waals surface area contributed by atoms with Crippen LogP contribution in [0.1, 0.15) is 36.3 Å². The number of nitrogens with one attached hydrogen (secondary N) is 1. The minimum absolute atomic E-state index is 0.451. The first-order valence-electron chi connectivity index (χ1n) is 8.01. The molecule has 0 unspecified atom stereocenters. The van der Waals surface area contributed by atoms with Crippen LogP contribution < -0.4 is 0 Å². The van der Waals surface area contributed by atoms with Gasteiger partial charge in [-0.25, -0.2) is 5.10 Å². The molecule has 122 valence electrons. The molecule has 2 aromatic heterocycles. The average molecular weight is 338 g/mol. The van der Waals surface area contributed by atoms with Crippen LogP contribution >= 0.6 is 12.2 Å². The second kappa shape index (κ2) is 5.87. The summed E-state index contributed by atoms with van der Waals surface area (Å²) in [6.07, 6.45) is 2.89. The van der Waals surface area contributed by atoms with E-state index in [1.807, 2.05) is 43.3 Å². The quantitative estimate of drug-likeness (QED) is 0.562. The summed E-state index contributed by atoms with van der Waals surface area (Å²) >= 11 is 5.30. The summed E-state index contributed by atoms with van der Waals surface area (Å²) in [5.74, 6) is 3.74. The third-order valence-electron chi connectivity index (χ3n) is 4.46. The third kappa shape index (κ3) is 2.73. The summed E-state index contributed by atoms with van der Waals surface area (Å²) < 4.78 is 7.93. The Morgan fingerprint density at radius 3 is 2.88 bits per heavy atom. The molecule has 2 heterocycles. The Morgan fingerprint density at radius 1 is 1.33 bits per heavy atom. The van der Waals surface area contributed by atoms with Crippen molar-refractivity contribution in [3.8, 4) is 11.4 Å². The van der Waals surface area contributed by atoms with Crippen LogP contribution in [0.5, 0.6) is 0 Å². The lowest BCUT2D eigenvalue weighted by atomic mass is 10.1. The van der Waals surface area contributed by atoms with Gasteiger partial charge in [0, 0.05) is 11.5 Å². The Morgan fingerprint density at radius 2 is 2.12 bits per heavy atom. The topological polar surface area (TPSA) is 59.1 Å². The van der Waals surface area contributed by atoms with Crippen molar-refractivity contribution in [2.24, 2.45) is 11.0 Å². The van der Waals surface area contributed by atoms with E-state index in [1.165, 1.54) is 6.42 Å². The predicted octanol–water partition coefficient (Wildman–Crippen LogP) is 4.51. The summed E-state index contributed by atoms with van der Waals surface area (Å²) in [7, 11) is 0. The van der Waals surface area contributed by atoms with Gasteiger partial charge in [0.25, 0.3) is 0 Å². The average Bonchev–Trinajstić information content (AvgIpc) is 2.97. The van der Waals surface area contributed by atoms with E-state index in [0.29, 0.717) is 16.5 Å². The first-order valence-corrected chi connectivity index (χ1v) is 8.42. The summed E-state index contributed by atoms with van der Waals surface area (Å²) in [5.41, 5.74) is 2.11. The van der Waals surface area contributed by atoms with E-state index in [1.54, 1.807) is 10.9 Å². The molecule has 1 saturated carbocycles. The molecule has 1 aromatic carbocycles. The molecule has 24 heavy (non-hydrogen) atoms. The Labute approximate surface area is 145 Å². The van der Waals surface area contributed by atoms with Gasteiger partial charge in [0.15, 0.2) is 5.82 Å². The fourth-order valence-electron chi connectivity index (χ4n) is 2.87. The summed E-state index contributed by atoms with van der Waals surface area (Å²) in [6.45, 7) is 4.27. The smallest absolute Gasteiger partial charge is 0.216 e. The van der Waals surface area contributed by atoms with Crippen LogP contribution in [0.2, 0.25) is 0 Å². The Kier molecular flexibility index (Phi) is 3.69. The van der Waals surface area contributed by atoms with Gasteiger partial charge in [0.05, 0.1) is 6.21 Å². The first kappa shape index (κ1) is 15.1. The van der Waals surface area contributed by atoms with Crippen LogP contribution in [-0.4, -0.2) is 21.1 Å². The van der Waals surface area contributed by atoms with Crippen LogP contribution in [-0.2, 0) is 0 Å². The van der Waals surface area contributed by atoms with Crippen molar-refractivity contribution < 1.29 is 4.42 Å². The third-order valence-corrected chi connectivity index (χ3v) is 4.72. The Balaban J connectivity index is 1.65. The molecule has 1 N–H and O–H groups in total. The lowest BCUT2D eigenvalue weighted by Gasteiger charge is -2.03. The Bertz CT molecular complexity index is 965. The molecule has 3 aromatic rings. The van der Waals surface area contributed by atoms with Crippen molar-refractivity contribution in [1.82, 2.24) is 14.9 Å². The number of aromatic nitrogens is 3. The monoisotopic (exact) mass is 338 g/mol. The number of aromatic amines is 1. The maximum Gasteiger partial charge on any atom is 0.216 e. The Hall–Kier alpha value is -2.47. The van der Waals surface area contributed by atoms with Gasteiger partial charge in [-0.1, -0.05) is 31.2 Å². The molecule has 0 saturated heterocycles. The molecular formula is C18H18N4OS. The number of benzene rings is 1. The first-order chi connectivity index (χ1) is 11.6. The molecule has 4 rings (SSSR count). The number of H-pyrrole nitrogens is 1. The van der Waals surface area contributed by atoms with Crippen molar-refractivity contribution in [3.05, 3.63) is 58.3 Å². The van der Waals surface area contributed by atoms with Gasteiger partial charge >= 0.3 is 0 Å². The van der Waals surface area contributed by atoms with E-state index in [0.717, 1.165) is 28.6 Å². The van der Waals surface area contributed by atoms with E-state index in [-0.39, 0.29) is 0 Å². The van der Waals surface area contributed by atoms with Crippen LogP contribution in [0, 0.1) is 17.6 Å². The number of furan rings is 1. The molecule has 0 spiro atoms. The molecule has 5 nitrogen and oxygen atoms in total. The summed E-state index contributed by atoms with van der Waals surface area (Å²) in [5, 5.41) is 11.6. The second-order valence-corrected chi connectivity index (χ2v) is 6.67. The van der Waals surface area contributed by atoms with Gasteiger partial charge < -0.3 is 4.42 Å². The highest BCUT2D eigenvalue weighted by Crippen LogP contribution is 2.47. The molecule has 6 heteroatoms. The lowest BCUT2D eigenvalue weighted by molar-refractivity contribution is 0.500. The van der Waals surface area contributed by atoms with Gasteiger partial charge in [0.2, 0.25) is 4.77 Å². The second-order valence-electron chi connectivity index (χ2n) is 6.28. The van der Waals surface area contributed by atoms with E-state index in [4.69, 9.17) is 16.6 Å². The number of hydrogen-bond acceptors (Lipinski definition) is 4. The molecule has 1 aliphatic carbocycles. The van der Waals surface area contributed by atoms with Gasteiger partial charge in [0.1, 0.15) is 11.5 Å². The van der Waals surface area contributed by atoms with Crippen molar-refractivity contribution in [3.63, 3.8) is 0 Å². The van der Waals surface area contributed by atoms with Crippen molar-refractivity contribution in [2.45, 2.75) is 26.2 Å². The van der Waals surface area contributed by atoms with Crippen LogP contribution in [0.25, 0.3) is 11.4 Å². The SMILES string of the molecule is Cc1ccccc1-c1n[nH]c(=S)n1/N=C\c1ccc([C@H]2C[C@H]2C)o1. The fourth-order valence-corrected chi connectivity index (χ4v) is 3.05. The zero-order valence-corrected chi connectivity index (χ0v) is 14.4. The van der Waals surface area contributed by atoms with Crippen molar-refractivity contribution in [1.29, 1.82) is 0 Å². The van der Waals surface area contributed by atoms with Crippen LogP contribution in [0.15, 0.2) is 45.9 Å². The largest absolute Gasteiger partial charge is 0.460 e. The maximum atomic E-state index is 5.86. The highest BCUT2D eigenvalue weighted by molar-refractivity contribution is 7.71. The number of nitrogens with zero attached hydrogens (tertiary/aromatic N) is 3. The molecule has 1 fully saturated rings. The minimum atomic E-state index is 0.451. The molecule has 2 atom stereocenters. The summed E-state index contributed by atoms with van der Waals surface area (Å²) in [6, 6.07) is 12.0. The van der Waals surface area contributed by atoms with Gasteiger partial charge in [-0.05, 0) is 49.2 Å². The van der Waals surface area contributed by atoms with Crippen molar-refractivity contribution in [2.75, 3.05) is 0 Å². The normalized spacial score (nSPS) is 19.9. The van der Waals surface area contributed by atoms with Crippen molar-refractivity contribution >= 4 is 18.4 Å². The van der Waals surface area contributed by atoms with E-state index in [9.17, 15) is 0 Å². The number of rotatable bonds is 4. The molecule has 0 aliphatic heterocycles. The lowest BCUT2D eigenvalue weighted by Crippen LogP contribution is -1.96. The highest BCUT2D eigenvalue weighted by Gasteiger charge is 2.36. The number of aryl methyl sites for hydroxylation is 1. The van der Waals surface area contributed by atoms with E-state index in [2.05, 4.69) is 22.2 Å². The molecular weight excluding hydrogens is 320 g/mol.